The summed E-state index contributed by atoms with van der Waals surface area (Å²) in [4.78, 5) is 12.3. The van der Waals surface area contributed by atoms with E-state index in [1.807, 2.05) is 34.9 Å². The van der Waals surface area contributed by atoms with Crippen molar-refractivity contribution in [2.75, 3.05) is 0 Å². The van der Waals surface area contributed by atoms with Gasteiger partial charge < -0.3 is 11.1 Å². The lowest BCUT2D eigenvalue weighted by molar-refractivity contribution is -0.126. The molecule has 1 aromatic carbocycles. The van der Waals surface area contributed by atoms with Crippen molar-refractivity contribution in [1.29, 1.82) is 0 Å². The van der Waals surface area contributed by atoms with E-state index in [2.05, 4.69) is 15.5 Å². The van der Waals surface area contributed by atoms with Crippen molar-refractivity contribution in [3.05, 3.63) is 42.5 Å². The molecule has 1 amide bonds. The first-order chi connectivity index (χ1) is 10.7. The fraction of sp³-hybridized carbons (Fsp3) is 0.438. The monoisotopic (exact) mass is 335 g/mol. The maximum Gasteiger partial charge on any atom is 0.223 e. The van der Waals surface area contributed by atoms with Crippen molar-refractivity contribution in [3.63, 3.8) is 0 Å². The molecule has 2 unspecified atom stereocenters. The highest BCUT2D eigenvalue weighted by atomic mass is 35.5. The van der Waals surface area contributed by atoms with Crippen molar-refractivity contribution in [2.24, 2.45) is 11.7 Å². The lowest BCUT2D eigenvalue weighted by Gasteiger charge is -2.25. The van der Waals surface area contributed by atoms with Gasteiger partial charge in [-0.3, -0.25) is 9.36 Å². The Labute approximate surface area is 141 Å². The lowest BCUT2D eigenvalue weighted by atomic mass is 9.85. The molecule has 0 saturated heterocycles. The topological polar surface area (TPSA) is 85.8 Å². The lowest BCUT2D eigenvalue weighted by Crippen LogP contribution is -2.37. The number of carbonyl (C=O) groups excluding carboxylic acids is 1. The molecule has 1 saturated carbocycles. The number of halogens is 1. The van der Waals surface area contributed by atoms with Crippen LogP contribution in [0.4, 0.5) is 0 Å². The van der Waals surface area contributed by atoms with E-state index < -0.39 is 0 Å². The minimum absolute atomic E-state index is 0. The molecular formula is C16H22ClN5O. The summed E-state index contributed by atoms with van der Waals surface area (Å²) in [6, 6.07) is 9.99. The Morgan fingerprint density at radius 3 is 2.83 bits per heavy atom. The SMILES string of the molecule is Cl.NC1CCCC(C(=O)NCc2nncn2-c2ccccc2)C1. The first kappa shape index (κ1) is 17.4. The van der Waals surface area contributed by atoms with Gasteiger partial charge in [0.05, 0.1) is 6.54 Å². The second kappa shape index (κ2) is 8.08. The van der Waals surface area contributed by atoms with Gasteiger partial charge in [-0.05, 0) is 31.4 Å². The Hall–Kier alpha value is -1.92. The minimum Gasteiger partial charge on any atom is -0.349 e. The fourth-order valence-electron chi connectivity index (χ4n) is 2.96. The number of hydrogen-bond donors (Lipinski definition) is 2. The Morgan fingerprint density at radius 1 is 1.30 bits per heavy atom. The number of carbonyl (C=O) groups is 1. The Balaban J connectivity index is 0.00000192. The zero-order chi connectivity index (χ0) is 15.4. The van der Waals surface area contributed by atoms with Crippen LogP contribution < -0.4 is 11.1 Å². The second-order valence-electron chi connectivity index (χ2n) is 5.79. The van der Waals surface area contributed by atoms with Crippen LogP contribution in [0.1, 0.15) is 31.5 Å². The smallest absolute Gasteiger partial charge is 0.223 e. The predicted molar refractivity (Wildman–Crippen MR) is 90.4 cm³/mol. The standard InChI is InChI=1S/C16H21N5O.ClH/c17-13-6-4-5-12(9-13)16(22)18-10-15-20-19-11-21(15)14-7-2-1-3-8-14;/h1-3,7-8,11-13H,4-6,9-10,17H2,(H,18,22);1H. The average molecular weight is 336 g/mol. The van der Waals surface area contributed by atoms with Crippen LogP contribution in [0, 0.1) is 5.92 Å². The van der Waals surface area contributed by atoms with Crippen molar-refractivity contribution in [2.45, 2.75) is 38.3 Å². The van der Waals surface area contributed by atoms with Crippen LogP contribution in [-0.2, 0) is 11.3 Å². The van der Waals surface area contributed by atoms with E-state index in [0.717, 1.165) is 37.2 Å². The van der Waals surface area contributed by atoms with Gasteiger partial charge in [0.1, 0.15) is 6.33 Å². The van der Waals surface area contributed by atoms with E-state index >= 15 is 0 Å². The van der Waals surface area contributed by atoms with Crippen LogP contribution in [0.15, 0.2) is 36.7 Å². The molecule has 124 valence electrons. The summed E-state index contributed by atoms with van der Waals surface area (Å²) in [5, 5.41) is 11.0. The second-order valence-corrected chi connectivity index (χ2v) is 5.79. The molecule has 1 aromatic heterocycles. The van der Waals surface area contributed by atoms with Crippen LogP contribution in [0.25, 0.3) is 5.69 Å². The van der Waals surface area contributed by atoms with Gasteiger partial charge in [-0.15, -0.1) is 22.6 Å². The molecule has 3 rings (SSSR count). The predicted octanol–water partition coefficient (Wildman–Crippen LogP) is 1.82. The summed E-state index contributed by atoms with van der Waals surface area (Å²) in [7, 11) is 0. The molecule has 0 bridgehead atoms. The number of nitrogens with two attached hydrogens (primary N) is 1. The highest BCUT2D eigenvalue weighted by Gasteiger charge is 2.25. The van der Waals surface area contributed by atoms with Crippen LogP contribution in [0.3, 0.4) is 0 Å². The molecule has 2 atom stereocenters. The van der Waals surface area contributed by atoms with E-state index in [-0.39, 0.29) is 30.3 Å². The number of nitrogens with one attached hydrogen (secondary N) is 1. The molecule has 7 heteroatoms. The van der Waals surface area contributed by atoms with Crippen LogP contribution >= 0.6 is 12.4 Å². The Kier molecular flexibility index (Phi) is 6.12. The number of nitrogens with zero attached hydrogens (tertiary/aromatic N) is 3. The van der Waals surface area contributed by atoms with Crippen molar-refractivity contribution >= 4 is 18.3 Å². The van der Waals surface area contributed by atoms with E-state index in [9.17, 15) is 4.79 Å². The first-order valence-electron chi connectivity index (χ1n) is 7.71. The number of benzene rings is 1. The van der Waals surface area contributed by atoms with Gasteiger partial charge in [-0.25, -0.2) is 0 Å². The van der Waals surface area contributed by atoms with Crippen LogP contribution in [0.5, 0.6) is 0 Å². The Morgan fingerprint density at radius 2 is 2.09 bits per heavy atom. The van der Waals surface area contributed by atoms with E-state index in [4.69, 9.17) is 5.73 Å². The molecule has 23 heavy (non-hydrogen) atoms. The molecule has 0 aliphatic heterocycles. The molecule has 1 heterocycles. The van der Waals surface area contributed by atoms with Gasteiger partial charge in [-0.2, -0.15) is 0 Å². The summed E-state index contributed by atoms with van der Waals surface area (Å²) in [6.45, 7) is 0.374. The number of amides is 1. The van der Waals surface area contributed by atoms with Gasteiger partial charge in [0, 0.05) is 17.6 Å². The third kappa shape index (κ3) is 4.30. The summed E-state index contributed by atoms with van der Waals surface area (Å²) < 4.78 is 1.88. The minimum atomic E-state index is 0. The number of hydrogen-bond acceptors (Lipinski definition) is 4. The number of rotatable bonds is 4. The third-order valence-electron chi connectivity index (χ3n) is 4.16. The quantitative estimate of drug-likeness (QED) is 0.892. The summed E-state index contributed by atoms with van der Waals surface area (Å²) in [5.74, 6) is 0.814. The molecule has 6 nitrogen and oxygen atoms in total. The fourth-order valence-corrected chi connectivity index (χ4v) is 2.96. The van der Waals surface area contributed by atoms with Gasteiger partial charge in [0.15, 0.2) is 5.82 Å². The molecule has 1 aliphatic carbocycles. The highest BCUT2D eigenvalue weighted by Crippen LogP contribution is 2.23. The van der Waals surface area contributed by atoms with E-state index in [0.29, 0.717) is 6.54 Å². The first-order valence-corrected chi connectivity index (χ1v) is 7.71. The maximum atomic E-state index is 12.3. The molecule has 3 N–H and O–H groups in total. The van der Waals surface area contributed by atoms with Crippen LogP contribution in [0.2, 0.25) is 0 Å². The normalized spacial score (nSPS) is 20.6. The Bertz CT molecular complexity index is 630. The van der Waals surface area contributed by atoms with Crippen molar-refractivity contribution < 1.29 is 4.79 Å². The largest absolute Gasteiger partial charge is 0.349 e. The van der Waals surface area contributed by atoms with Crippen LogP contribution in [-0.4, -0.2) is 26.7 Å². The van der Waals surface area contributed by atoms with Gasteiger partial charge in [0.2, 0.25) is 5.91 Å². The average Bonchev–Trinajstić information content (AvgIpc) is 3.02. The third-order valence-corrected chi connectivity index (χ3v) is 4.16. The van der Waals surface area contributed by atoms with Gasteiger partial charge in [-0.1, -0.05) is 24.6 Å². The summed E-state index contributed by atoms with van der Waals surface area (Å²) in [5.41, 5.74) is 6.93. The summed E-state index contributed by atoms with van der Waals surface area (Å²) in [6.07, 6.45) is 5.40. The van der Waals surface area contributed by atoms with Gasteiger partial charge in [0.25, 0.3) is 0 Å². The molecule has 0 radical (unpaired) electrons. The summed E-state index contributed by atoms with van der Waals surface area (Å²) >= 11 is 0. The van der Waals surface area contributed by atoms with Gasteiger partial charge >= 0.3 is 0 Å². The molecule has 1 aliphatic rings. The van der Waals surface area contributed by atoms with Crippen molar-refractivity contribution in [3.8, 4) is 5.69 Å². The van der Waals surface area contributed by atoms with E-state index in [1.54, 1.807) is 6.33 Å². The van der Waals surface area contributed by atoms with E-state index in [1.165, 1.54) is 0 Å². The molecular weight excluding hydrogens is 314 g/mol. The zero-order valence-corrected chi connectivity index (χ0v) is 13.7. The molecule has 0 spiro atoms. The maximum absolute atomic E-state index is 12.3. The molecule has 1 fully saturated rings. The van der Waals surface area contributed by atoms with Crippen molar-refractivity contribution in [1.82, 2.24) is 20.1 Å². The highest BCUT2D eigenvalue weighted by molar-refractivity contribution is 5.85. The zero-order valence-electron chi connectivity index (χ0n) is 12.9. The number of para-hydroxylation sites is 1. The molecule has 2 aromatic rings. The number of aromatic nitrogens is 3.